The van der Waals surface area contributed by atoms with Gasteiger partial charge in [0.25, 0.3) is 0 Å². The van der Waals surface area contributed by atoms with E-state index in [1.54, 1.807) is 0 Å². The van der Waals surface area contributed by atoms with Crippen molar-refractivity contribution in [3.05, 3.63) is 42.1 Å². The van der Waals surface area contributed by atoms with Crippen LogP contribution in [0.25, 0.3) is 0 Å². The van der Waals surface area contributed by atoms with Crippen molar-refractivity contribution in [2.75, 3.05) is 0 Å². The molecule has 13 heavy (non-hydrogen) atoms. The number of hydrogen-bond donors (Lipinski definition) is 0. The molecule has 1 aromatic rings. The minimum absolute atomic E-state index is 0.644. The summed E-state index contributed by atoms with van der Waals surface area (Å²) in [6.07, 6.45) is 0. The predicted molar refractivity (Wildman–Crippen MR) is 53.7 cm³/mol. The van der Waals surface area contributed by atoms with Gasteiger partial charge < -0.3 is 8.85 Å². The fourth-order valence-electron chi connectivity index (χ4n) is 1.29. The van der Waals surface area contributed by atoms with Crippen LogP contribution in [0.5, 0.6) is 5.75 Å². The SMILES string of the molecule is C=C[Si]1(C)OCc2ccccc2O1. The van der Waals surface area contributed by atoms with Crippen LogP contribution >= 0.6 is 0 Å². The first-order valence-electron chi connectivity index (χ1n) is 4.28. The molecule has 2 nitrogen and oxygen atoms in total. The van der Waals surface area contributed by atoms with E-state index >= 15 is 0 Å². The van der Waals surface area contributed by atoms with Crippen LogP contribution in [0.1, 0.15) is 5.56 Å². The monoisotopic (exact) mass is 192 g/mol. The van der Waals surface area contributed by atoms with E-state index in [9.17, 15) is 0 Å². The van der Waals surface area contributed by atoms with Gasteiger partial charge in [0.15, 0.2) is 0 Å². The van der Waals surface area contributed by atoms with E-state index in [2.05, 4.69) is 6.58 Å². The van der Waals surface area contributed by atoms with E-state index in [0.29, 0.717) is 6.61 Å². The lowest BCUT2D eigenvalue weighted by molar-refractivity contribution is 0.216. The Balaban J connectivity index is 2.34. The van der Waals surface area contributed by atoms with Crippen molar-refractivity contribution in [3.8, 4) is 5.75 Å². The summed E-state index contributed by atoms with van der Waals surface area (Å²) < 4.78 is 11.4. The van der Waals surface area contributed by atoms with Gasteiger partial charge in [-0.3, -0.25) is 0 Å². The standard InChI is InChI=1S/C10H12O2Si/c1-3-13(2)11-8-9-6-4-5-7-10(9)12-13/h3-7H,1,8H2,2H3. The topological polar surface area (TPSA) is 18.5 Å². The lowest BCUT2D eigenvalue weighted by atomic mass is 10.2. The number of hydrogen-bond acceptors (Lipinski definition) is 2. The maximum atomic E-state index is 5.77. The van der Waals surface area contributed by atoms with Gasteiger partial charge in [0.1, 0.15) is 5.75 Å². The van der Waals surface area contributed by atoms with Crippen LogP contribution in [0, 0.1) is 0 Å². The zero-order valence-electron chi connectivity index (χ0n) is 7.62. The normalized spacial score (nSPS) is 25.9. The molecule has 0 aromatic heterocycles. The average molecular weight is 192 g/mol. The molecule has 0 radical (unpaired) electrons. The number of benzene rings is 1. The van der Waals surface area contributed by atoms with Crippen molar-refractivity contribution in [1.29, 1.82) is 0 Å². The summed E-state index contributed by atoms with van der Waals surface area (Å²) in [4.78, 5) is 0. The highest BCUT2D eigenvalue weighted by molar-refractivity contribution is 6.72. The smallest absolute Gasteiger partial charge is 0.422 e. The van der Waals surface area contributed by atoms with Crippen molar-refractivity contribution in [2.24, 2.45) is 0 Å². The van der Waals surface area contributed by atoms with E-state index in [-0.39, 0.29) is 0 Å². The van der Waals surface area contributed by atoms with Gasteiger partial charge in [-0.25, -0.2) is 0 Å². The molecule has 2 rings (SSSR count). The van der Waals surface area contributed by atoms with Crippen molar-refractivity contribution in [1.82, 2.24) is 0 Å². The van der Waals surface area contributed by atoms with Crippen molar-refractivity contribution >= 4 is 8.56 Å². The third-order valence-electron chi connectivity index (χ3n) is 2.17. The van der Waals surface area contributed by atoms with Gasteiger partial charge in [-0.15, -0.1) is 6.58 Å². The molecule has 0 saturated heterocycles. The molecule has 0 spiro atoms. The Morgan fingerprint density at radius 1 is 1.46 bits per heavy atom. The first-order valence-corrected chi connectivity index (χ1v) is 6.67. The highest BCUT2D eigenvalue weighted by Crippen LogP contribution is 2.28. The highest BCUT2D eigenvalue weighted by Gasteiger charge is 2.34. The van der Waals surface area contributed by atoms with Crippen molar-refractivity contribution in [3.63, 3.8) is 0 Å². The second-order valence-electron chi connectivity index (χ2n) is 3.22. The van der Waals surface area contributed by atoms with Gasteiger partial charge in [0.2, 0.25) is 0 Å². The molecule has 1 unspecified atom stereocenters. The third kappa shape index (κ3) is 1.52. The summed E-state index contributed by atoms with van der Waals surface area (Å²) in [5.74, 6) is 0.947. The molecule has 0 fully saturated rings. The molecule has 0 amide bonds. The van der Waals surface area contributed by atoms with Crippen LogP contribution in [0.15, 0.2) is 36.5 Å². The minimum Gasteiger partial charge on any atom is -0.517 e. The highest BCUT2D eigenvalue weighted by atomic mass is 28.4. The number of rotatable bonds is 1. The lowest BCUT2D eigenvalue weighted by Crippen LogP contribution is -2.42. The van der Waals surface area contributed by atoms with Crippen LogP contribution < -0.4 is 4.43 Å². The summed E-state index contributed by atoms with van der Waals surface area (Å²) in [6, 6.07) is 7.96. The molecule has 1 aliphatic rings. The number of fused-ring (bicyclic) bond motifs is 1. The van der Waals surface area contributed by atoms with E-state index < -0.39 is 8.56 Å². The van der Waals surface area contributed by atoms with Crippen molar-refractivity contribution < 1.29 is 8.85 Å². The van der Waals surface area contributed by atoms with Gasteiger partial charge in [0, 0.05) is 5.56 Å². The predicted octanol–water partition coefficient (Wildman–Crippen LogP) is 2.39. The number of para-hydroxylation sites is 1. The molecule has 0 N–H and O–H groups in total. The second kappa shape index (κ2) is 3.01. The van der Waals surface area contributed by atoms with E-state index in [0.717, 1.165) is 11.3 Å². The van der Waals surface area contributed by atoms with E-state index in [1.807, 2.05) is 36.5 Å². The minimum atomic E-state index is -2.10. The lowest BCUT2D eigenvalue weighted by Gasteiger charge is -2.30. The average Bonchev–Trinajstić information content (AvgIpc) is 2.18. The Morgan fingerprint density at radius 2 is 2.23 bits per heavy atom. The summed E-state index contributed by atoms with van der Waals surface area (Å²) in [5, 5.41) is 0. The quantitative estimate of drug-likeness (QED) is 0.636. The molecule has 1 aliphatic heterocycles. The van der Waals surface area contributed by atoms with E-state index in [1.165, 1.54) is 0 Å². The molecule has 68 valence electrons. The van der Waals surface area contributed by atoms with Crippen LogP contribution in [0.3, 0.4) is 0 Å². The molecule has 1 heterocycles. The molecular formula is C10H12O2Si. The second-order valence-corrected chi connectivity index (χ2v) is 6.15. The Bertz CT molecular complexity index is 337. The maximum absolute atomic E-state index is 5.77. The molecule has 1 aromatic carbocycles. The Hall–Kier alpha value is -1.06. The molecular weight excluding hydrogens is 180 g/mol. The maximum Gasteiger partial charge on any atom is 0.422 e. The fourth-order valence-corrected chi connectivity index (χ4v) is 2.63. The van der Waals surface area contributed by atoms with Crippen LogP contribution in [0.4, 0.5) is 0 Å². The van der Waals surface area contributed by atoms with Crippen LogP contribution in [-0.4, -0.2) is 8.56 Å². The van der Waals surface area contributed by atoms with Crippen LogP contribution in [0.2, 0.25) is 6.55 Å². The molecule has 0 saturated carbocycles. The van der Waals surface area contributed by atoms with Crippen molar-refractivity contribution in [2.45, 2.75) is 13.2 Å². The van der Waals surface area contributed by atoms with Gasteiger partial charge in [-0.1, -0.05) is 18.2 Å². The summed E-state index contributed by atoms with van der Waals surface area (Å²) in [7, 11) is -2.10. The molecule has 0 bridgehead atoms. The van der Waals surface area contributed by atoms with E-state index in [4.69, 9.17) is 8.85 Å². The zero-order chi connectivity index (χ0) is 9.31. The first kappa shape index (κ1) is 8.53. The third-order valence-corrected chi connectivity index (χ3v) is 4.25. The summed E-state index contributed by atoms with van der Waals surface area (Å²) in [5.41, 5.74) is 2.93. The van der Waals surface area contributed by atoms with Gasteiger partial charge in [0.05, 0.1) is 6.61 Å². The Labute approximate surface area is 79.1 Å². The zero-order valence-corrected chi connectivity index (χ0v) is 8.62. The first-order chi connectivity index (χ1) is 6.23. The summed E-state index contributed by atoms with van der Waals surface area (Å²) >= 11 is 0. The Kier molecular flexibility index (Phi) is 1.98. The molecule has 1 atom stereocenters. The Morgan fingerprint density at radius 3 is 3.00 bits per heavy atom. The van der Waals surface area contributed by atoms with Gasteiger partial charge in [-0.05, 0) is 18.3 Å². The molecule has 0 aliphatic carbocycles. The molecule has 3 heteroatoms. The van der Waals surface area contributed by atoms with Gasteiger partial charge in [-0.2, -0.15) is 0 Å². The summed E-state index contributed by atoms with van der Waals surface area (Å²) in [6.45, 7) is 6.38. The fraction of sp³-hybridized carbons (Fsp3) is 0.200. The largest absolute Gasteiger partial charge is 0.517 e. The van der Waals surface area contributed by atoms with Gasteiger partial charge >= 0.3 is 8.56 Å². The van der Waals surface area contributed by atoms with Crippen LogP contribution in [-0.2, 0) is 11.0 Å².